The van der Waals surface area contributed by atoms with Crippen molar-refractivity contribution in [1.29, 1.82) is 0 Å². The number of nitrogens with zero attached hydrogens (tertiary/aromatic N) is 8. The van der Waals surface area contributed by atoms with Crippen LogP contribution in [-0.2, 0) is 69.6 Å². The van der Waals surface area contributed by atoms with Crippen LogP contribution in [0.3, 0.4) is 0 Å². The lowest BCUT2D eigenvalue weighted by atomic mass is 9.85. The third-order valence-electron chi connectivity index (χ3n) is 17.3. The zero-order valence-electron chi connectivity index (χ0n) is 58.4. The van der Waals surface area contributed by atoms with Crippen LogP contribution in [0, 0.1) is 0 Å². The van der Waals surface area contributed by atoms with Gasteiger partial charge in [-0.15, -0.1) is 56.7 Å². The predicted molar refractivity (Wildman–Crippen MR) is 385 cm³/mol. The SMILES string of the molecule is C=C(NC(=O)c1csc(-c2nc3c(cc2O)-c2nc(cs2)C(=O)NC(C(C)O)C(=O)NC(=C(C)OC)c2nc(cs2)C(=O)NC2c4nc(cs4)C(=O)NC(COC(=O)c4c5c6c(cccc6n4OCP(=O)(OCC)OCC)COC(=O)C(OC4CC(C)(O)C(N(C)C)C(C)O4)C2OC5)c2nc-3cs2)n1)C(N)=O. The number of aromatic nitrogens is 7. The van der Waals surface area contributed by atoms with Gasteiger partial charge in [-0.2, -0.15) is 4.73 Å². The van der Waals surface area contributed by atoms with Crippen molar-refractivity contribution in [3.05, 3.63) is 124 Å². The Balaban J connectivity index is 1.07. The summed E-state index contributed by atoms with van der Waals surface area (Å²) in [5.41, 5.74) is 1.94. The first-order chi connectivity index (χ1) is 51.0. The number of nitrogens with two attached hydrogens (primary N) is 1. The van der Waals surface area contributed by atoms with E-state index in [0.717, 1.165) is 61.4 Å². The van der Waals surface area contributed by atoms with Crippen molar-refractivity contribution in [2.24, 2.45) is 5.73 Å². The van der Waals surface area contributed by atoms with E-state index >= 15 is 19.2 Å². The smallest absolute Gasteiger partial charge is 0.370 e. The minimum Gasteiger partial charge on any atom is -0.506 e. The van der Waals surface area contributed by atoms with E-state index in [1.165, 1.54) is 53.9 Å². The topological polar surface area (TPSA) is 469 Å². The molecule has 1 saturated heterocycles. The van der Waals surface area contributed by atoms with Crippen LogP contribution in [0.5, 0.6) is 5.75 Å². The minimum absolute atomic E-state index is 0.00929. The van der Waals surface area contributed by atoms with Gasteiger partial charge in [-0.3, -0.25) is 33.3 Å². The third kappa shape index (κ3) is 16.1. The van der Waals surface area contributed by atoms with Crippen LogP contribution in [-0.4, -0.2) is 198 Å². The molecule has 41 heteroatoms. The zero-order valence-corrected chi connectivity index (χ0v) is 63.4. The second-order valence-corrected chi connectivity index (χ2v) is 31.4. The molecule has 1 aromatic carbocycles. The number of aliphatic hydroxyl groups excluding tert-OH is 1. The number of allylic oxidation sites excluding steroid dienone is 1. The van der Waals surface area contributed by atoms with Crippen molar-refractivity contribution >= 4 is 128 Å². The number of fused-ring (bicyclic) bond motifs is 15. The van der Waals surface area contributed by atoms with Crippen LogP contribution < -0.4 is 37.2 Å². The van der Waals surface area contributed by atoms with Gasteiger partial charge in [-0.25, -0.2) is 39.5 Å². The molecule has 4 aliphatic rings. The van der Waals surface area contributed by atoms with E-state index in [0.29, 0.717) is 0 Å². The van der Waals surface area contributed by atoms with Crippen molar-refractivity contribution in [1.82, 2.24) is 66.1 Å². The average Bonchev–Trinajstić information content (AvgIpc) is 1.61. The standard InChI is InChI=1S/C66H71N14O21PS5/c1-11-98-102(92,99-12-2)26-97-80-40-15-13-14-31-18-95-65(90)51(101-42-17-66(7,91)52(79(8)9)30(6)100-42)50-48-63-74-37(24-107-63)55(85)69-34(20-96-64(89)49(80)33(19-94-50)43(31)40)60-70-35(21-104-60)46-32(16-41(82)47(75-46)62-73-36(23-106-62)54(84)68-27(3)53(67)83)59-71-38(22-103-59)56(86)76-44(28(4)81)58(88)77-45(29(5)93-10)61-72-39(25-105-61)57(87)78-48/h13-16,21-25,28,30,34,42,44,48,50-52,81-82,91H,3,11-12,17-20,26H2,1-2,4-10H3,(H2,67,83)(H,68,84)(H,69,85)(H,76,86)(H,77,88)(H,78,87). The maximum atomic E-state index is 15.7. The molecule has 6 amide bonds. The van der Waals surface area contributed by atoms with E-state index in [1.807, 2.05) is 0 Å². The molecular weight excluding hydrogens is 1520 g/mol. The van der Waals surface area contributed by atoms with Gasteiger partial charge in [-0.1, -0.05) is 18.7 Å². The summed E-state index contributed by atoms with van der Waals surface area (Å²) in [5, 5.41) is 55.5. The van der Waals surface area contributed by atoms with Crippen LogP contribution in [0.15, 0.2) is 69.2 Å². The fourth-order valence-electron chi connectivity index (χ4n) is 12.5. The lowest BCUT2D eigenvalue weighted by Crippen LogP contribution is -2.62. The largest absolute Gasteiger partial charge is 0.506 e. The molecule has 10 unspecified atom stereocenters. The summed E-state index contributed by atoms with van der Waals surface area (Å²) >= 11 is 4.40. The zero-order chi connectivity index (χ0) is 76.7. The van der Waals surface area contributed by atoms with Crippen molar-refractivity contribution in [3.8, 4) is 38.4 Å². The fourth-order valence-corrected chi connectivity index (χ4v) is 17.9. The molecule has 107 heavy (non-hydrogen) atoms. The number of pyridine rings is 1. The molecule has 1 fully saturated rings. The van der Waals surface area contributed by atoms with Crippen LogP contribution in [0.4, 0.5) is 0 Å². The van der Waals surface area contributed by atoms with E-state index in [9.17, 15) is 39.1 Å². The summed E-state index contributed by atoms with van der Waals surface area (Å²) in [6.07, 6.45) is -8.57. The molecule has 0 aliphatic carbocycles. The Morgan fingerprint density at radius 2 is 1.51 bits per heavy atom. The van der Waals surface area contributed by atoms with E-state index in [1.54, 1.807) is 64.9 Å². The van der Waals surface area contributed by atoms with Crippen molar-refractivity contribution in [2.75, 3.05) is 47.4 Å². The molecule has 10 atom stereocenters. The molecule has 12 rings (SSSR count). The lowest BCUT2D eigenvalue weighted by Gasteiger charge is -2.48. The number of likely N-dealkylation sites (N-methyl/N-ethyl adjacent to an activating group) is 1. The number of thiazole rings is 5. The molecule has 566 valence electrons. The maximum Gasteiger partial charge on any atom is 0.370 e. The monoisotopic (exact) mass is 1590 g/mol. The summed E-state index contributed by atoms with van der Waals surface area (Å²) < 4.78 is 65.0. The Labute approximate surface area is 628 Å². The molecule has 10 N–H and O–H groups in total. The number of aliphatic hydroxyl groups is 2. The highest BCUT2D eigenvalue weighted by Gasteiger charge is 2.50. The molecule has 12 bridgehead atoms. The van der Waals surface area contributed by atoms with Gasteiger partial charge >= 0.3 is 19.5 Å². The second kappa shape index (κ2) is 31.8. The second-order valence-electron chi connectivity index (χ2n) is 25.0. The molecule has 7 aromatic heterocycles. The number of carbonyl (C=O) groups excluding carboxylic acids is 8. The number of hydrogen-bond donors (Lipinski definition) is 9. The summed E-state index contributed by atoms with van der Waals surface area (Å²) in [7, 11) is 0.690. The van der Waals surface area contributed by atoms with Gasteiger partial charge in [0.2, 0.25) is 12.3 Å². The highest BCUT2D eigenvalue weighted by Crippen LogP contribution is 2.48. The quantitative estimate of drug-likeness (QED) is 0.0256. The Kier molecular flexibility index (Phi) is 23.0. The van der Waals surface area contributed by atoms with Gasteiger partial charge < -0.3 is 94.8 Å². The Morgan fingerprint density at radius 3 is 2.21 bits per heavy atom. The van der Waals surface area contributed by atoms with Crippen LogP contribution >= 0.6 is 64.3 Å². The number of esters is 2. The molecule has 4 aliphatic heterocycles. The lowest BCUT2D eigenvalue weighted by molar-refractivity contribution is -0.280. The van der Waals surface area contributed by atoms with E-state index < -0.39 is 159 Å². The average molecular weight is 1590 g/mol. The van der Waals surface area contributed by atoms with Crippen molar-refractivity contribution in [3.63, 3.8) is 0 Å². The molecule has 35 nitrogen and oxygen atoms in total. The number of methoxy groups -OCH3 is 1. The molecule has 0 spiro atoms. The fraction of sp³-hybridized carbons (Fsp3) is 0.394. The van der Waals surface area contributed by atoms with Crippen LogP contribution in [0.25, 0.3) is 49.3 Å². The van der Waals surface area contributed by atoms with Crippen LogP contribution in [0.1, 0.15) is 139 Å². The summed E-state index contributed by atoms with van der Waals surface area (Å²) in [5.74, 6) is -8.43. The number of cyclic esters (lactones) is 2. The van der Waals surface area contributed by atoms with E-state index in [-0.39, 0.29) is 124 Å². The number of hydrogen-bond acceptors (Lipinski definition) is 33. The highest BCUT2D eigenvalue weighted by atomic mass is 32.1. The summed E-state index contributed by atoms with van der Waals surface area (Å²) in [6.45, 7) is 10.6. The number of ether oxygens (including phenoxy) is 6. The normalized spacial score (nSPS) is 23.1. The molecule has 0 saturated carbocycles. The first-order valence-corrected chi connectivity index (χ1v) is 38.9. The van der Waals surface area contributed by atoms with Crippen molar-refractivity contribution in [2.45, 2.75) is 122 Å². The van der Waals surface area contributed by atoms with E-state index in [4.69, 9.17) is 63.0 Å². The molecule has 0 radical (unpaired) electrons. The highest BCUT2D eigenvalue weighted by molar-refractivity contribution is 7.53. The summed E-state index contributed by atoms with van der Waals surface area (Å²) in [4.78, 5) is 152. The first-order valence-electron chi connectivity index (χ1n) is 32.8. The third-order valence-corrected chi connectivity index (χ3v) is 23.5. The Hall–Kier alpha value is -9.39. The number of amides is 6. The van der Waals surface area contributed by atoms with Gasteiger partial charge in [0.05, 0.1) is 62.0 Å². The number of aromatic hydroxyl groups is 1. The number of rotatable bonds is 16. The van der Waals surface area contributed by atoms with E-state index in [2.05, 4.69) is 48.1 Å². The number of primary amides is 1. The van der Waals surface area contributed by atoms with Gasteiger partial charge in [0.25, 0.3) is 29.5 Å². The summed E-state index contributed by atoms with van der Waals surface area (Å²) in [6, 6.07) is 0.565. The first kappa shape index (κ1) is 77.2. The number of benzene rings is 1. The molecule has 8 aromatic rings. The molecular formula is C66H71N14O21PS5. The van der Waals surface area contributed by atoms with Gasteiger partial charge in [0.1, 0.15) is 120 Å². The number of carbonyl (C=O) groups is 8. The minimum atomic E-state index is -4.13. The molecule has 11 heterocycles. The Bertz CT molecular complexity index is 4920. The Morgan fingerprint density at radius 1 is 0.860 bits per heavy atom. The predicted octanol–water partition coefficient (Wildman–Crippen LogP) is 5.31. The van der Waals surface area contributed by atoms with Crippen LogP contribution in [0.2, 0.25) is 0 Å². The van der Waals surface area contributed by atoms with Gasteiger partial charge in [-0.05, 0) is 73.3 Å². The van der Waals surface area contributed by atoms with Gasteiger partial charge in [0, 0.05) is 49.8 Å². The number of nitrogens with one attached hydrogen (secondary N) is 5. The van der Waals surface area contributed by atoms with Crippen molar-refractivity contribution < 1.29 is 101 Å². The van der Waals surface area contributed by atoms with Gasteiger partial charge in [0.15, 0.2) is 18.1 Å². The maximum absolute atomic E-state index is 15.7.